The van der Waals surface area contributed by atoms with E-state index in [1.54, 1.807) is 18.2 Å². The van der Waals surface area contributed by atoms with E-state index in [9.17, 15) is 13.2 Å². The van der Waals surface area contributed by atoms with E-state index in [1.165, 1.54) is 70.3 Å². The number of esters is 1. The Kier molecular flexibility index (Phi) is 9.75. The highest BCUT2D eigenvalue weighted by Crippen LogP contribution is 2.43. The number of piperidine rings is 3. The number of sulfone groups is 1. The minimum atomic E-state index is -3.93. The molecule has 4 heterocycles. The number of hydrogen-bond acceptors (Lipinski definition) is 10. The molecule has 3 fully saturated rings. The maximum atomic E-state index is 12.8. The number of ether oxygens (including phenoxy) is 2. The standard InChI is InChI=1S/C29H42N4O6S/c1-2-3-16-33-21-22-10-8-17-32-18-9-13-24(27(22)32)25(33)14-7-15-26(34)37-19-20-38-28-29(31-39-30-28)40(35,36)23-11-5-4-6-12-23/h4-6,11-12,22,24-25,27H,2-3,7-10,13-21H2,1H3/t22-,24+,25?,27-/m1/s1. The largest absolute Gasteiger partial charge is 0.470 e. The van der Waals surface area contributed by atoms with E-state index in [1.807, 2.05) is 0 Å². The number of benzene rings is 1. The summed E-state index contributed by atoms with van der Waals surface area (Å²) < 4.78 is 41.0. The summed E-state index contributed by atoms with van der Waals surface area (Å²) in [5.74, 6) is 0.981. The predicted molar refractivity (Wildman–Crippen MR) is 148 cm³/mol. The van der Waals surface area contributed by atoms with Crippen molar-refractivity contribution in [2.45, 2.75) is 86.7 Å². The average molecular weight is 575 g/mol. The summed E-state index contributed by atoms with van der Waals surface area (Å²) in [6.07, 6.45) is 9.86. The Labute approximate surface area is 237 Å². The fraction of sp³-hybridized carbons (Fsp3) is 0.690. The van der Waals surface area contributed by atoms with Gasteiger partial charge in [0.15, 0.2) is 0 Å². The lowest BCUT2D eigenvalue weighted by molar-refractivity contribution is -0.144. The van der Waals surface area contributed by atoms with E-state index in [-0.39, 0.29) is 30.0 Å². The Balaban J connectivity index is 1.08. The maximum absolute atomic E-state index is 12.8. The van der Waals surface area contributed by atoms with Gasteiger partial charge in [0, 0.05) is 25.0 Å². The lowest BCUT2D eigenvalue weighted by Crippen LogP contribution is -2.64. The summed E-state index contributed by atoms with van der Waals surface area (Å²) in [5, 5.41) is 6.70. The summed E-state index contributed by atoms with van der Waals surface area (Å²) >= 11 is 0. The van der Waals surface area contributed by atoms with E-state index in [0.29, 0.717) is 18.4 Å². The van der Waals surface area contributed by atoms with Crippen molar-refractivity contribution in [1.82, 2.24) is 20.1 Å². The Hall–Kier alpha value is -2.50. The molecule has 3 aliphatic rings. The third-order valence-electron chi connectivity index (χ3n) is 8.78. The Morgan fingerprint density at radius 2 is 1.88 bits per heavy atom. The van der Waals surface area contributed by atoms with Crippen LogP contribution in [0.4, 0.5) is 0 Å². The molecular formula is C29H42N4O6S. The molecule has 1 aromatic carbocycles. The Bertz CT molecular complexity index is 1200. The van der Waals surface area contributed by atoms with Crippen molar-refractivity contribution in [2.24, 2.45) is 11.8 Å². The average Bonchev–Trinajstić information content (AvgIpc) is 3.46. The van der Waals surface area contributed by atoms with Crippen LogP contribution in [-0.2, 0) is 19.4 Å². The van der Waals surface area contributed by atoms with Gasteiger partial charge in [-0.2, -0.15) is 0 Å². The number of rotatable bonds is 13. The van der Waals surface area contributed by atoms with Gasteiger partial charge in [0.1, 0.15) is 13.2 Å². The number of carbonyl (C=O) groups is 1. The maximum Gasteiger partial charge on any atom is 0.305 e. The van der Waals surface area contributed by atoms with Gasteiger partial charge in [0.25, 0.3) is 10.9 Å². The lowest BCUT2D eigenvalue weighted by atomic mass is 9.69. The van der Waals surface area contributed by atoms with E-state index < -0.39 is 14.9 Å². The predicted octanol–water partition coefficient (Wildman–Crippen LogP) is 3.97. The third kappa shape index (κ3) is 6.52. The molecule has 11 heteroatoms. The molecule has 0 N–H and O–H groups in total. The van der Waals surface area contributed by atoms with Crippen LogP contribution in [0.3, 0.4) is 0 Å². The topological polar surface area (TPSA) is 115 Å². The van der Waals surface area contributed by atoms with Crippen LogP contribution < -0.4 is 4.74 Å². The van der Waals surface area contributed by atoms with Gasteiger partial charge in [-0.3, -0.25) is 14.6 Å². The van der Waals surface area contributed by atoms with Crippen molar-refractivity contribution in [2.75, 3.05) is 39.4 Å². The monoisotopic (exact) mass is 574 g/mol. The molecule has 3 aliphatic heterocycles. The van der Waals surface area contributed by atoms with E-state index in [4.69, 9.17) is 9.47 Å². The first-order chi connectivity index (χ1) is 19.5. The quantitative estimate of drug-likeness (QED) is 0.257. The molecule has 0 amide bonds. The molecule has 10 nitrogen and oxygen atoms in total. The number of carbonyl (C=O) groups excluding carboxylic acids is 1. The fourth-order valence-electron chi connectivity index (χ4n) is 7.06. The number of nitrogens with zero attached hydrogens (tertiary/aromatic N) is 4. The smallest absolute Gasteiger partial charge is 0.305 e. The molecule has 0 radical (unpaired) electrons. The molecule has 40 heavy (non-hydrogen) atoms. The van der Waals surface area contributed by atoms with Gasteiger partial charge in [-0.15, -0.1) is 0 Å². The van der Waals surface area contributed by atoms with Crippen LogP contribution in [0.5, 0.6) is 5.88 Å². The molecule has 5 rings (SSSR count). The van der Waals surface area contributed by atoms with Crippen molar-refractivity contribution in [3.63, 3.8) is 0 Å². The van der Waals surface area contributed by atoms with Crippen LogP contribution in [0.1, 0.15) is 64.7 Å². The highest BCUT2D eigenvalue weighted by atomic mass is 32.2. The van der Waals surface area contributed by atoms with Gasteiger partial charge in [-0.25, -0.2) is 13.0 Å². The zero-order chi connectivity index (χ0) is 28.0. The van der Waals surface area contributed by atoms with Crippen LogP contribution in [0.25, 0.3) is 0 Å². The molecule has 3 saturated heterocycles. The molecule has 2 aromatic rings. The summed E-state index contributed by atoms with van der Waals surface area (Å²) in [6, 6.07) is 9.14. The van der Waals surface area contributed by atoms with Gasteiger partial charge in [0.2, 0.25) is 9.84 Å². The molecule has 0 bridgehead atoms. The van der Waals surface area contributed by atoms with Crippen LogP contribution >= 0.6 is 0 Å². The fourth-order valence-corrected chi connectivity index (χ4v) is 8.25. The Morgan fingerprint density at radius 3 is 2.67 bits per heavy atom. The summed E-state index contributed by atoms with van der Waals surface area (Å²) in [4.78, 5) is 18.1. The zero-order valence-electron chi connectivity index (χ0n) is 23.4. The minimum Gasteiger partial charge on any atom is -0.470 e. The molecule has 1 unspecified atom stereocenters. The summed E-state index contributed by atoms with van der Waals surface area (Å²) in [6.45, 7) is 7.04. The van der Waals surface area contributed by atoms with Gasteiger partial charge in [-0.05, 0) is 98.9 Å². The SMILES string of the molecule is CCCCN1C[C@H]2CCCN3CCC[C@@H](C1CCCC(=O)OCCOc1nonc1S(=O)(=O)c1ccccc1)[C@@H]23. The van der Waals surface area contributed by atoms with Crippen LogP contribution in [0.2, 0.25) is 0 Å². The summed E-state index contributed by atoms with van der Waals surface area (Å²) in [7, 11) is -3.93. The van der Waals surface area contributed by atoms with Gasteiger partial charge in [-0.1, -0.05) is 31.5 Å². The first-order valence-electron chi connectivity index (χ1n) is 14.9. The highest BCUT2D eigenvalue weighted by molar-refractivity contribution is 7.91. The second-order valence-electron chi connectivity index (χ2n) is 11.3. The molecule has 220 valence electrons. The van der Waals surface area contributed by atoms with Crippen LogP contribution in [0, 0.1) is 11.8 Å². The van der Waals surface area contributed by atoms with E-state index in [2.05, 4.69) is 31.7 Å². The third-order valence-corrected chi connectivity index (χ3v) is 10.4. The minimum absolute atomic E-state index is 0.0100. The van der Waals surface area contributed by atoms with E-state index >= 15 is 0 Å². The van der Waals surface area contributed by atoms with Crippen LogP contribution in [0.15, 0.2) is 44.9 Å². The van der Waals surface area contributed by atoms with Crippen molar-refractivity contribution >= 4 is 15.8 Å². The van der Waals surface area contributed by atoms with Gasteiger partial charge < -0.3 is 9.47 Å². The van der Waals surface area contributed by atoms with Gasteiger partial charge >= 0.3 is 5.97 Å². The first kappa shape index (κ1) is 29.0. The van der Waals surface area contributed by atoms with E-state index in [0.717, 1.165) is 31.3 Å². The summed E-state index contributed by atoms with van der Waals surface area (Å²) in [5.41, 5.74) is 0. The molecule has 0 spiro atoms. The van der Waals surface area contributed by atoms with Crippen molar-refractivity contribution in [3.05, 3.63) is 30.3 Å². The Morgan fingerprint density at radius 1 is 1.07 bits per heavy atom. The van der Waals surface area contributed by atoms with Gasteiger partial charge in [0.05, 0.1) is 4.90 Å². The van der Waals surface area contributed by atoms with Crippen molar-refractivity contribution in [3.8, 4) is 5.88 Å². The number of unbranched alkanes of at least 4 members (excludes halogenated alkanes) is 1. The van der Waals surface area contributed by atoms with Crippen molar-refractivity contribution in [1.29, 1.82) is 0 Å². The second-order valence-corrected chi connectivity index (χ2v) is 13.2. The molecule has 0 saturated carbocycles. The number of likely N-dealkylation sites (tertiary alicyclic amines) is 1. The second kappa shape index (κ2) is 13.4. The lowest BCUT2D eigenvalue weighted by Gasteiger charge is -2.57. The molecule has 1 aromatic heterocycles. The highest BCUT2D eigenvalue weighted by Gasteiger charge is 2.47. The normalized spacial score (nSPS) is 25.3. The molecule has 4 atom stereocenters. The zero-order valence-corrected chi connectivity index (χ0v) is 24.3. The molecular weight excluding hydrogens is 532 g/mol. The van der Waals surface area contributed by atoms with Crippen LogP contribution in [-0.4, -0.2) is 86.0 Å². The molecule has 0 aliphatic carbocycles. The first-order valence-corrected chi connectivity index (χ1v) is 16.4. The van der Waals surface area contributed by atoms with Crippen molar-refractivity contribution < 1.29 is 27.3 Å². The number of hydrogen-bond donors (Lipinski definition) is 0. The number of aromatic nitrogens is 2.